The molecular formula is C15H20N4O. The second-order valence-corrected chi connectivity index (χ2v) is 5.81. The molecule has 5 heteroatoms. The smallest absolute Gasteiger partial charge is 0.234 e. The normalized spacial score (nSPS) is 26.6. The lowest BCUT2D eigenvalue weighted by atomic mass is 9.71. The predicted octanol–water partition coefficient (Wildman–Crippen LogP) is 2.54. The monoisotopic (exact) mass is 272 g/mol. The quantitative estimate of drug-likeness (QED) is 0.929. The molecule has 0 bridgehead atoms. The standard InChI is InChI=1S/C15H20N4O/c1-11-5-7-15(10-16,8-6-11)14-18-13(19-20-14)12-4-2-3-9-17-12/h2-4,9,11H,5-8,10,16H2,1H3. The van der Waals surface area contributed by atoms with Crippen molar-refractivity contribution in [3.8, 4) is 11.5 Å². The molecular weight excluding hydrogens is 252 g/mol. The van der Waals surface area contributed by atoms with Crippen molar-refractivity contribution in [2.75, 3.05) is 6.54 Å². The molecule has 0 atom stereocenters. The van der Waals surface area contributed by atoms with E-state index in [1.807, 2.05) is 18.2 Å². The minimum atomic E-state index is -0.146. The number of hydrogen-bond acceptors (Lipinski definition) is 5. The first-order chi connectivity index (χ1) is 9.73. The van der Waals surface area contributed by atoms with E-state index in [4.69, 9.17) is 10.3 Å². The highest BCUT2D eigenvalue weighted by atomic mass is 16.5. The average molecular weight is 272 g/mol. The molecule has 5 nitrogen and oxygen atoms in total. The van der Waals surface area contributed by atoms with Crippen LogP contribution in [-0.4, -0.2) is 21.7 Å². The van der Waals surface area contributed by atoms with Crippen LogP contribution in [0.4, 0.5) is 0 Å². The van der Waals surface area contributed by atoms with Crippen LogP contribution in [0.1, 0.15) is 38.5 Å². The van der Waals surface area contributed by atoms with Gasteiger partial charge in [-0.1, -0.05) is 18.1 Å². The van der Waals surface area contributed by atoms with Crippen molar-refractivity contribution >= 4 is 0 Å². The minimum Gasteiger partial charge on any atom is -0.338 e. The fraction of sp³-hybridized carbons (Fsp3) is 0.533. The molecule has 0 spiro atoms. The van der Waals surface area contributed by atoms with Crippen LogP contribution in [0.5, 0.6) is 0 Å². The molecule has 0 radical (unpaired) electrons. The summed E-state index contributed by atoms with van der Waals surface area (Å²) in [7, 11) is 0. The highest BCUT2D eigenvalue weighted by molar-refractivity contribution is 5.47. The lowest BCUT2D eigenvalue weighted by Crippen LogP contribution is -2.39. The molecule has 1 aliphatic carbocycles. The molecule has 0 aromatic carbocycles. The predicted molar refractivity (Wildman–Crippen MR) is 75.9 cm³/mol. The summed E-state index contributed by atoms with van der Waals surface area (Å²) in [6, 6.07) is 5.67. The summed E-state index contributed by atoms with van der Waals surface area (Å²) in [5.41, 5.74) is 6.61. The van der Waals surface area contributed by atoms with Crippen molar-refractivity contribution < 1.29 is 4.52 Å². The lowest BCUT2D eigenvalue weighted by molar-refractivity contribution is 0.191. The van der Waals surface area contributed by atoms with Gasteiger partial charge in [-0.2, -0.15) is 4.98 Å². The molecule has 3 rings (SSSR count). The summed E-state index contributed by atoms with van der Waals surface area (Å²) < 4.78 is 5.51. The minimum absolute atomic E-state index is 0.146. The molecule has 1 saturated carbocycles. The van der Waals surface area contributed by atoms with Crippen molar-refractivity contribution in [1.82, 2.24) is 15.1 Å². The molecule has 2 heterocycles. The van der Waals surface area contributed by atoms with Gasteiger partial charge in [-0.05, 0) is 43.7 Å². The van der Waals surface area contributed by atoms with Crippen molar-refractivity contribution in [2.24, 2.45) is 11.7 Å². The Morgan fingerprint density at radius 3 is 2.80 bits per heavy atom. The second-order valence-electron chi connectivity index (χ2n) is 5.81. The number of pyridine rings is 1. The fourth-order valence-electron chi connectivity index (χ4n) is 2.86. The Labute approximate surface area is 118 Å². The summed E-state index contributed by atoms with van der Waals surface area (Å²) in [6.07, 6.45) is 6.10. The molecule has 1 aliphatic rings. The van der Waals surface area contributed by atoms with Gasteiger partial charge in [0.15, 0.2) is 0 Å². The van der Waals surface area contributed by atoms with Gasteiger partial charge in [-0.15, -0.1) is 0 Å². The van der Waals surface area contributed by atoms with E-state index in [2.05, 4.69) is 22.0 Å². The van der Waals surface area contributed by atoms with Crippen molar-refractivity contribution in [3.63, 3.8) is 0 Å². The SMILES string of the molecule is CC1CCC(CN)(c2nc(-c3ccccn3)no2)CC1. The zero-order valence-electron chi connectivity index (χ0n) is 11.7. The second kappa shape index (κ2) is 5.32. The highest BCUT2D eigenvalue weighted by Crippen LogP contribution is 2.40. The third-order valence-electron chi connectivity index (χ3n) is 4.40. The largest absolute Gasteiger partial charge is 0.338 e. The van der Waals surface area contributed by atoms with Crippen LogP contribution in [0.2, 0.25) is 0 Å². The Morgan fingerprint density at radius 2 is 2.15 bits per heavy atom. The third kappa shape index (κ3) is 2.33. The zero-order valence-corrected chi connectivity index (χ0v) is 11.7. The van der Waals surface area contributed by atoms with Gasteiger partial charge in [-0.3, -0.25) is 4.98 Å². The summed E-state index contributed by atoms with van der Waals surface area (Å²) >= 11 is 0. The van der Waals surface area contributed by atoms with Crippen molar-refractivity contribution in [3.05, 3.63) is 30.3 Å². The van der Waals surface area contributed by atoms with Crippen LogP contribution < -0.4 is 5.73 Å². The number of nitrogens with zero attached hydrogens (tertiary/aromatic N) is 3. The van der Waals surface area contributed by atoms with Gasteiger partial charge in [0, 0.05) is 12.7 Å². The Hall–Kier alpha value is -1.75. The van der Waals surface area contributed by atoms with E-state index in [-0.39, 0.29) is 5.41 Å². The van der Waals surface area contributed by atoms with Crippen molar-refractivity contribution in [2.45, 2.75) is 38.0 Å². The molecule has 2 aromatic heterocycles. The first-order valence-electron chi connectivity index (χ1n) is 7.19. The maximum atomic E-state index is 6.02. The number of aromatic nitrogens is 3. The Balaban J connectivity index is 1.89. The first kappa shape index (κ1) is 13.2. The van der Waals surface area contributed by atoms with E-state index in [1.54, 1.807) is 6.20 Å². The first-order valence-corrected chi connectivity index (χ1v) is 7.19. The Kier molecular flexibility index (Phi) is 3.53. The fourth-order valence-corrected chi connectivity index (χ4v) is 2.86. The van der Waals surface area contributed by atoms with Gasteiger partial charge in [0.2, 0.25) is 11.7 Å². The summed E-state index contributed by atoms with van der Waals surface area (Å²) in [4.78, 5) is 8.80. The van der Waals surface area contributed by atoms with E-state index in [9.17, 15) is 0 Å². The van der Waals surface area contributed by atoms with Gasteiger partial charge in [0.25, 0.3) is 0 Å². The van der Waals surface area contributed by atoms with E-state index < -0.39 is 0 Å². The number of rotatable bonds is 3. The molecule has 1 fully saturated rings. The summed E-state index contributed by atoms with van der Waals surface area (Å²) in [6.45, 7) is 2.84. The molecule has 0 amide bonds. The third-order valence-corrected chi connectivity index (χ3v) is 4.40. The topological polar surface area (TPSA) is 77.8 Å². The van der Waals surface area contributed by atoms with Gasteiger partial charge < -0.3 is 10.3 Å². The number of nitrogens with two attached hydrogens (primary N) is 1. The van der Waals surface area contributed by atoms with Crippen LogP contribution in [0, 0.1) is 5.92 Å². The molecule has 2 aromatic rings. The van der Waals surface area contributed by atoms with E-state index >= 15 is 0 Å². The Morgan fingerprint density at radius 1 is 1.35 bits per heavy atom. The number of hydrogen-bond donors (Lipinski definition) is 1. The highest BCUT2D eigenvalue weighted by Gasteiger charge is 2.39. The molecule has 0 aliphatic heterocycles. The molecule has 20 heavy (non-hydrogen) atoms. The molecule has 106 valence electrons. The maximum absolute atomic E-state index is 6.02. The van der Waals surface area contributed by atoms with Crippen LogP contribution in [-0.2, 0) is 5.41 Å². The van der Waals surface area contributed by atoms with E-state index in [0.717, 1.165) is 24.5 Å². The van der Waals surface area contributed by atoms with Crippen LogP contribution in [0.25, 0.3) is 11.5 Å². The van der Waals surface area contributed by atoms with E-state index in [0.29, 0.717) is 18.3 Å². The maximum Gasteiger partial charge on any atom is 0.234 e. The van der Waals surface area contributed by atoms with Gasteiger partial charge >= 0.3 is 0 Å². The van der Waals surface area contributed by atoms with Crippen LogP contribution in [0.3, 0.4) is 0 Å². The zero-order chi connectivity index (χ0) is 14.0. The molecule has 0 unspecified atom stereocenters. The summed E-state index contributed by atoms with van der Waals surface area (Å²) in [5, 5.41) is 4.07. The van der Waals surface area contributed by atoms with Gasteiger partial charge in [0.1, 0.15) is 5.69 Å². The van der Waals surface area contributed by atoms with Crippen LogP contribution in [0.15, 0.2) is 28.9 Å². The molecule has 2 N–H and O–H groups in total. The van der Waals surface area contributed by atoms with Crippen LogP contribution >= 0.6 is 0 Å². The van der Waals surface area contributed by atoms with Crippen molar-refractivity contribution in [1.29, 1.82) is 0 Å². The Bertz CT molecular complexity index is 558. The van der Waals surface area contributed by atoms with E-state index in [1.165, 1.54) is 12.8 Å². The van der Waals surface area contributed by atoms with Gasteiger partial charge in [0.05, 0.1) is 5.41 Å². The lowest BCUT2D eigenvalue weighted by Gasteiger charge is -2.35. The van der Waals surface area contributed by atoms with Gasteiger partial charge in [-0.25, -0.2) is 0 Å². The molecule has 0 saturated heterocycles. The average Bonchev–Trinajstić information content (AvgIpc) is 3.00. The summed E-state index contributed by atoms with van der Waals surface area (Å²) in [5.74, 6) is 1.98.